The van der Waals surface area contributed by atoms with Crippen molar-refractivity contribution in [2.45, 2.75) is 44.3 Å². The van der Waals surface area contributed by atoms with Crippen molar-refractivity contribution in [3.05, 3.63) is 30.1 Å². The Kier molecular flexibility index (Phi) is 3.00. The number of ether oxygens (including phenoxy) is 1. The molecular weight excluding hydrogens is 202 g/mol. The van der Waals surface area contributed by atoms with Gasteiger partial charge in [0.2, 0.25) is 0 Å². The highest BCUT2D eigenvalue weighted by molar-refractivity contribution is 5.08. The van der Waals surface area contributed by atoms with Crippen LogP contribution in [0.4, 0.5) is 0 Å². The summed E-state index contributed by atoms with van der Waals surface area (Å²) in [6, 6.07) is 5.80. The van der Waals surface area contributed by atoms with Crippen LogP contribution in [-0.4, -0.2) is 27.9 Å². The third-order valence-electron chi connectivity index (χ3n) is 3.05. The Morgan fingerprint density at radius 2 is 2.25 bits per heavy atom. The van der Waals surface area contributed by atoms with Gasteiger partial charge in [0.15, 0.2) is 0 Å². The van der Waals surface area contributed by atoms with E-state index in [1.54, 1.807) is 6.20 Å². The van der Waals surface area contributed by atoms with Crippen molar-refractivity contribution in [1.82, 2.24) is 4.98 Å². The minimum absolute atomic E-state index is 0.234. The molecule has 0 saturated carbocycles. The van der Waals surface area contributed by atoms with E-state index in [-0.39, 0.29) is 5.60 Å². The topological polar surface area (TPSA) is 42.4 Å². The van der Waals surface area contributed by atoms with Gasteiger partial charge in [-0.2, -0.15) is 0 Å². The lowest BCUT2D eigenvalue weighted by atomic mass is 9.81. The number of nitrogens with zero attached hydrogens (tertiary/aromatic N) is 1. The summed E-state index contributed by atoms with van der Waals surface area (Å²) < 4.78 is 5.62. The quantitative estimate of drug-likeness (QED) is 0.830. The van der Waals surface area contributed by atoms with Crippen molar-refractivity contribution >= 4 is 0 Å². The van der Waals surface area contributed by atoms with Crippen molar-refractivity contribution < 1.29 is 9.84 Å². The van der Waals surface area contributed by atoms with E-state index in [0.29, 0.717) is 25.9 Å². The summed E-state index contributed by atoms with van der Waals surface area (Å²) >= 11 is 0. The van der Waals surface area contributed by atoms with Crippen LogP contribution in [0.1, 0.15) is 32.4 Å². The largest absolute Gasteiger partial charge is 0.389 e. The lowest BCUT2D eigenvalue weighted by Crippen LogP contribution is -2.47. The Balaban J connectivity index is 2.08. The smallest absolute Gasteiger partial charge is 0.0752 e. The summed E-state index contributed by atoms with van der Waals surface area (Å²) in [5.74, 6) is 0. The fourth-order valence-electron chi connectivity index (χ4n) is 2.44. The third kappa shape index (κ3) is 2.80. The highest BCUT2D eigenvalue weighted by atomic mass is 16.5. The van der Waals surface area contributed by atoms with Crippen molar-refractivity contribution in [3.63, 3.8) is 0 Å². The van der Waals surface area contributed by atoms with Gasteiger partial charge in [-0.1, -0.05) is 6.07 Å². The van der Waals surface area contributed by atoms with Gasteiger partial charge in [-0.25, -0.2) is 0 Å². The third-order valence-corrected chi connectivity index (χ3v) is 3.05. The standard InChI is InChI=1S/C13H19NO2/c1-12(2)10-13(15,6-8-16-12)9-11-5-3-4-7-14-11/h3-5,7,15H,6,8-10H2,1-2H3. The molecule has 1 unspecified atom stereocenters. The first-order valence-electron chi connectivity index (χ1n) is 5.75. The van der Waals surface area contributed by atoms with Crippen LogP contribution in [-0.2, 0) is 11.2 Å². The SMILES string of the molecule is CC1(C)CC(O)(Cc2ccccn2)CCO1. The second-order valence-electron chi connectivity index (χ2n) is 5.26. The summed E-state index contributed by atoms with van der Waals surface area (Å²) in [6.45, 7) is 4.67. The summed E-state index contributed by atoms with van der Waals surface area (Å²) in [5.41, 5.74) is 0.0421. The zero-order chi connectivity index (χ0) is 11.6. The Bertz CT molecular complexity index is 350. The lowest BCUT2D eigenvalue weighted by Gasteiger charge is -2.41. The van der Waals surface area contributed by atoms with E-state index >= 15 is 0 Å². The van der Waals surface area contributed by atoms with E-state index in [4.69, 9.17) is 4.74 Å². The van der Waals surface area contributed by atoms with Gasteiger partial charge in [-0.15, -0.1) is 0 Å². The molecule has 0 bridgehead atoms. The first-order valence-corrected chi connectivity index (χ1v) is 5.75. The fraction of sp³-hybridized carbons (Fsp3) is 0.615. The molecule has 0 amide bonds. The molecule has 16 heavy (non-hydrogen) atoms. The maximum Gasteiger partial charge on any atom is 0.0752 e. The number of aliphatic hydroxyl groups is 1. The van der Waals surface area contributed by atoms with E-state index in [1.165, 1.54) is 0 Å². The van der Waals surface area contributed by atoms with Gasteiger partial charge in [0.05, 0.1) is 17.8 Å². The molecule has 1 atom stereocenters. The molecule has 3 heteroatoms. The molecule has 1 N–H and O–H groups in total. The van der Waals surface area contributed by atoms with Gasteiger partial charge in [0, 0.05) is 24.7 Å². The van der Waals surface area contributed by atoms with E-state index < -0.39 is 5.60 Å². The minimum Gasteiger partial charge on any atom is -0.389 e. The summed E-state index contributed by atoms with van der Waals surface area (Å²) in [5, 5.41) is 10.5. The Morgan fingerprint density at radius 3 is 2.88 bits per heavy atom. The maximum atomic E-state index is 10.5. The van der Waals surface area contributed by atoms with Crippen LogP contribution >= 0.6 is 0 Å². The van der Waals surface area contributed by atoms with Crippen molar-refractivity contribution in [2.24, 2.45) is 0 Å². The van der Waals surface area contributed by atoms with Crippen LogP contribution in [0.25, 0.3) is 0 Å². The molecule has 88 valence electrons. The fourth-order valence-corrected chi connectivity index (χ4v) is 2.44. The number of pyridine rings is 1. The van der Waals surface area contributed by atoms with Gasteiger partial charge >= 0.3 is 0 Å². The summed E-state index contributed by atoms with van der Waals surface area (Å²) in [4.78, 5) is 4.26. The van der Waals surface area contributed by atoms with Gasteiger partial charge in [0.25, 0.3) is 0 Å². The molecule has 1 aliphatic heterocycles. The second kappa shape index (κ2) is 4.15. The monoisotopic (exact) mass is 221 g/mol. The maximum absolute atomic E-state index is 10.5. The van der Waals surface area contributed by atoms with Crippen LogP contribution in [0.3, 0.4) is 0 Å². The second-order valence-corrected chi connectivity index (χ2v) is 5.26. The summed E-state index contributed by atoms with van der Waals surface area (Å²) in [6.07, 6.45) is 3.73. The number of hydrogen-bond acceptors (Lipinski definition) is 3. The molecule has 1 aliphatic rings. The molecule has 2 rings (SSSR count). The van der Waals surface area contributed by atoms with Crippen molar-refractivity contribution in [3.8, 4) is 0 Å². The molecule has 1 fully saturated rings. The molecule has 0 aliphatic carbocycles. The summed E-state index contributed by atoms with van der Waals surface area (Å²) in [7, 11) is 0. The van der Waals surface area contributed by atoms with Crippen LogP contribution < -0.4 is 0 Å². The lowest BCUT2D eigenvalue weighted by molar-refractivity contribution is -0.143. The predicted molar refractivity (Wildman–Crippen MR) is 62.2 cm³/mol. The number of aromatic nitrogens is 1. The molecule has 0 spiro atoms. The Morgan fingerprint density at radius 1 is 1.44 bits per heavy atom. The zero-order valence-electron chi connectivity index (χ0n) is 9.94. The Hall–Kier alpha value is -0.930. The van der Waals surface area contributed by atoms with Crippen LogP contribution in [0, 0.1) is 0 Å². The van der Waals surface area contributed by atoms with Crippen molar-refractivity contribution in [1.29, 1.82) is 0 Å². The highest BCUT2D eigenvalue weighted by Gasteiger charge is 2.39. The van der Waals surface area contributed by atoms with Crippen LogP contribution in [0.15, 0.2) is 24.4 Å². The number of rotatable bonds is 2. The van der Waals surface area contributed by atoms with Gasteiger partial charge in [0.1, 0.15) is 0 Å². The molecule has 0 aromatic carbocycles. The number of hydrogen-bond donors (Lipinski definition) is 1. The van der Waals surface area contributed by atoms with Gasteiger partial charge < -0.3 is 9.84 Å². The molecule has 0 radical (unpaired) electrons. The highest BCUT2D eigenvalue weighted by Crippen LogP contribution is 2.33. The molecular formula is C13H19NO2. The predicted octanol–water partition coefficient (Wildman–Crippen LogP) is 1.94. The average molecular weight is 221 g/mol. The van der Waals surface area contributed by atoms with E-state index in [0.717, 1.165) is 5.69 Å². The van der Waals surface area contributed by atoms with Crippen LogP contribution in [0.5, 0.6) is 0 Å². The Labute approximate surface area is 96.5 Å². The van der Waals surface area contributed by atoms with Gasteiger partial charge in [-0.05, 0) is 32.4 Å². The molecule has 1 saturated heterocycles. The van der Waals surface area contributed by atoms with Crippen molar-refractivity contribution in [2.75, 3.05) is 6.61 Å². The van der Waals surface area contributed by atoms with Crippen LogP contribution in [0.2, 0.25) is 0 Å². The van der Waals surface area contributed by atoms with E-state index in [9.17, 15) is 5.11 Å². The zero-order valence-corrected chi connectivity index (χ0v) is 9.94. The molecule has 3 nitrogen and oxygen atoms in total. The first kappa shape index (κ1) is 11.6. The van der Waals surface area contributed by atoms with E-state index in [1.807, 2.05) is 32.0 Å². The minimum atomic E-state index is -0.671. The molecule has 1 aromatic heterocycles. The normalized spacial score (nSPS) is 28.9. The van der Waals surface area contributed by atoms with E-state index in [2.05, 4.69) is 4.98 Å². The average Bonchev–Trinajstić information content (AvgIpc) is 2.16. The van der Waals surface area contributed by atoms with Gasteiger partial charge in [-0.3, -0.25) is 4.98 Å². The molecule has 2 heterocycles. The first-order chi connectivity index (χ1) is 7.49. The molecule has 1 aromatic rings.